The molecular weight excluding hydrogens is 205 g/mol. The van der Waals surface area contributed by atoms with Crippen molar-refractivity contribution in [2.75, 3.05) is 0 Å². The first-order valence-corrected chi connectivity index (χ1v) is 4.28. The lowest BCUT2D eigenvalue weighted by Gasteiger charge is -2.03. The molecule has 0 aliphatic rings. The molecule has 3 radical (unpaired) electrons. The second-order valence-corrected chi connectivity index (χ2v) is 3.13. The quantitative estimate of drug-likeness (QED) is 0.737. The van der Waals surface area contributed by atoms with Gasteiger partial charge < -0.3 is 5.11 Å². The van der Waals surface area contributed by atoms with Crippen LogP contribution in [0, 0.1) is 6.92 Å². The third kappa shape index (κ3) is 2.01. The van der Waals surface area contributed by atoms with E-state index in [4.69, 9.17) is 5.11 Å². The predicted octanol–water partition coefficient (Wildman–Crippen LogP) is 1.86. The van der Waals surface area contributed by atoms with Crippen LogP contribution in [0.4, 0.5) is 0 Å². The summed E-state index contributed by atoms with van der Waals surface area (Å²) in [6, 6.07) is 7.05. The summed E-state index contributed by atoms with van der Waals surface area (Å²) in [4.78, 5) is 15.0. The molecule has 0 bridgehead atoms. The van der Waals surface area contributed by atoms with Gasteiger partial charge in [0.25, 0.3) is 0 Å². The number of hydrogen-bond donors (Lipinski definition) is 1. The fourth-order valence-corrected chi connectivity index (χ4v) is 1.49. The van der Waals surface area contributed by atoms with Gasteiger partial charge in [-0.15, -0.1) is 0 Å². The number of fused-ring (bicyclic) bond motifs is 1. The fraction of sp³-hybridized carbons (Fsp3) is 0.0909. The first kappa shape index (κ1) is 11.7. The summed E-state index contributed by atoms with van der Waals surface area (Å²) in [7, 11) is 0. The fourth-order valence-electron chi connectivity index (χ4n) is 1.49. The Hall–Kier alpha value is -1.37. The van der Waals surface area contributed by atoms with Crippen LogP contribution >= 0.6 is 0 Å². The largest absolute Gasteiger partial charge is 0.478 e. The van der Waals surface area contributed by atoms with Crippen LogP contribution in [0.15, 0.2) is 30.5 Å². The van der Waals surface area contributed by atoms with Gasteiger partial charge >= 0.3 is 5.97 Å². The van der Waals surface area contributed by atoms with Crippen molar-refractivity contribution in [3.8, 4) is 0 Å². The van der Waals surface area contributed by atoms with Crippen LogP contribution in [-0.4, -0.2) is 33.4 Å². The Labute approximate surface area is 97.9 Å². The minimum atomic E-state index is -0.936. The highest BCUT2D eigenvalue weighted by Gasteiger charge is 2.09. The van der Waals surface area contributed by atoms with E-state index in [-0.39, 0.29) is 22.9 Å². The zero-order valence-corrected chi connectivity index (χ0v) is 9.42. The van der Waals surface area contributed by atoms with Gasteiger partial charge in [0, 0.05) is 28.9 Å². The van der Waals surface area contributed by atoms with Crippen molar-refractivity contribution in [1.82, 2.24) is 4.98 Å². The molecule has 1 N–H and O–H groups in total. The highest BCUT2D eigenvalue weighted by molar-refractivity contribution is 6.02. The molecule has 73 valence electrons. The number of rotatable bonds is 1. The molecular formula is C11H9AlNO2. The summed E-state index contributed by atoms with van der Waals surface area (Å²) < 4.78 is 0. The number of aromatic carboxylic acids is 1. The number of aryl methyl sites for hydroxylation is 1. The molecule has 2 aromatic rings. The van der Waals surface area contributed by atoms with E-state index in [2.05, 4.69) is 4.98 Å². The summed E-state index contributed by atoms with van der Waals surface area (Å²) in [6.07, 6.45) is 1.63. The van der Waals surface area contributed by atoms with Crippen LogP contribution in [0.2, 0.25) is 0 Å². The van der Waals surface area contributed by atoms with E-state index in [1.165, 1.54) is 0 Å². The number of nitrogens with zero attached hydrogens (tertiary/aromatic N) is 1. The Morgan fingerprint density at radius 1 is 1.33 bits per heavy atom. The highest BCUT2D eigenvalue weighted by Crippen LogP contribution is 2.19. The third-order valence-electron chi connectivity index (χ3n) is 2.22. The molecule has 3 nitrogen and oxygen atoms in total. The maximum absolute atomic E-state index is 10.9. The van der Waals surface area contributed by atoms with Crippen molar-refractivity contribution in [1.29, 1.82) is 0 Å². The first-order valence-electron chi connectivity index (χ1n) is 4.28. The summed E-state index contributed by atoms with van der Waals surface area (Å²) in [6.45, 7) is 1.94. The summed E-state index contributed by atoms with van der Waals surface area (Å²) in [5, 5.41) is 9.83. The smallest absolute Gasteiger partial charge is 0.337 e. The topological polar surface area (TPSA) is 50.2 Å². The maximum atomic E-state index is 10.9. The molecule has 1 heterocycles. The number of pyridine rings is 1. The monoisotopic (exact) mass is 214 g/mol. The van der Waals surface area contributed by atoms with Gasteiger partial charge in [-0.25, -0.2) is 4.79 Å². The van der Waals surface area contributed by atoms with Crippen molar-refractivity contribution in [2.45, 2.75) is 6.92 Å². The summed E-state index contributed by atoms with van der Waals surface area (Å²) in [5.41, 5.74) is 1.85. The van der Waals surface area contributed by atoms with Crippen molar-refractivity contribution < 1.29 is 9.90 Å². The summed E-state index contributed by atoms with van der Waals surface area (Å²) >= 11 is 0. The second kappa shape index (κ2) is 4.43. The van der Waals surface area contributed by atoms with E-state index in [0.29, 0.717) is 5.52 Å². The predicted molar refractivity (Wildman–Crippen MR) is 59.2 cm³/mol. The van der Waals surface area contributed by atoms with E-state index in [0.717, 1.165) is 10.9 Å². The molecule has 0 unspecified atom stereocenters. The number of benzene rings is 1. The number of carboxylic acid groups (broad SMARTS) is 1. The number of para-hydroxylation sites is 1. The zero-order valence-electron chi connectivity index (χ0n) is 8.27. The lowest BCUT2D eigenvalue weighted by atomic mass is 10.1. The minimum Gasteiger partial charge on any atom is -0.478 e. The van der Waals surface area contributed by atoms with E-state index in [1.54, 1.807) is 18.3 Å². The van der Waals surface area contributed by atoms with Gasteiger partial charge in [0.1, 0.15) is 0 Å². The van der Waals surface area contributed by atoms with Gasteiger partial charge in [-0.1, -0.05) is 12.1 Å². The first-order chi connectivity index (χ1) is 6.70. The SMILES string of the molecule is Cc1ccnc2c(C(=O)O)cccc12.[Al]. The maximum Gasteiger partial charge on any atom is 0.337 e. The van der Waals surface area contributed by atoms with Gasteiger partial charge in [-0.05, 0) is 24.6 Å². The van der Waals surface area contributed by atoms with Crippen LogP contribution in [-0.2, 0) is 0 Å². The average molecular weight is 214 g/mol. The molecule has 1 aromatic carbocycles. The Kier molecular flexibility index (Phi) is 3.46. The molecule has 0 atom stereocenters. The van der Waals surface area contributed by atoms with Gasteiger partial charge in [0.15, 0.2) is 0 Å². The second-order valence-electron chi connectivity index (χ2n) is 3.13. The Balaban J connectivity index is 0.00000112. The highest BCUT2D eigenvalue weighted by atomic mass is 27.0. The number of aromatic nitrogens is 1. The molecule has 0 saturated heterocycles. The number of carbonyl (C=O) groups is 1. The van der Waals surface area contributed by atoms with E-state index >= 15 is 0 Å². The molecule has 0 aliphatic heterocycles. The van der Waals surface area contributed by atoms with E-state index in [9.17, 15) is 4.79 Å². The van der Waals surface area contributed by atoms with Gasteiger partial charge in [0.05, 0.1) is 11.1 Å². The minimum absolute atomic E-state index is 0. The van der Waals surface area contributed by atoms with Crippen molar-refractivity contribution in [3.63, 3.8) is 0 Å². The molecule has 0 aliphatic carbocycles. The van der Waals surface area contributed by atoms with Crippen LogP contribution in [0.25, 0.3) is 10.9 Å². The lowest BCUT2D eigenvalue weighted by molar-refractivity contribution is 0.0699. The normalized spacial score (nSPS) is 9.67. The molecule has 0 fully saturated rings. The van der Waals surface area contributed by atoms with Crippen LogP contribution in [0.3, 0.4) is 0 Å². The molecule has 0 saturated carbocycles. The molecule has 2 rings (SSSR count). The van der Waals surface area contributed by atoms with Crippen molar-refractivity contribution >= 4 is 34.2 Å². The van der Waals surface area contributed by atoms with Gasteiger partial charge in [-0.3, -0.25) is 4.98 Å². The standard InChI is InChI=1S/C11H9NO2.Al/c1-7-5-6-12-10-8(7)3-2-4-9(10)11(13)14;/h2-6H,1H3,(H,13,14);. The average Bonchev–Trinajstić information content (AvgIpc) is 2.17. The zero-order chi connectivity index (χ0) is 10.1. The molecule has 1 aromatic heterocycles. The molecule has 15 heavy (non-hydrogen) atoms. The van der Waals surface area contributed by atoms with E-state index in [1.807, 2.05) is 19.1 Å². The summed E-state index contributed by atoms with van der Waals surface area (Å²) in [5.74, 6) is -0.936. The Bertz CT molecular complexity index is 511. The van der Waals surface area contributed by atoms with Gasteiger partial charge in [-0.2, -0.15) is 0 Å². The van der Waals surface area contributed by atoms with Gasteiger partial charge in [0.2, 0.25) is 0 Å². The molecule has 0 spiro atoms. The van der Waals surface area contributed by atoms with Crippen molar-refractivity contribution in [2.24, 2.45) is 0 Å². The third-order valence-corrected chi connectivity index (χ3v) is 2.22. The number of carboxylic acids is 1. The van der Waals surface area contributed by atoms with Crippen LogP contribution < -0.4 is 0 Å². The molecule has 0 amide bonds. The Morgan fingerprint density at radius 3 is 2.73 bits per heavy atom. The van der Waals surface area contributed by atoms with Crippen LogP contribution in [0.5, 0.6) is 0 Å². The number of hydrogen-bond acceptors (Lipinski definition) is 2. The Morgan fingerprint density at radius 2 is 2.07 bits per heavy atom. The van der Waals surface area contributed by atoms with Crippen LogP contribution in [0.1, 0.15) is 15.9 Å². The van der Waals surface area contributed by atoms with E-state index < -0.39 is 5.97 Å². The molecule has 4 heteroatoms. The van der Waals surface area contributed by atoms with Crippen molar-refractivity contribution in [3.05, 3.63) is 41.6 Å². The lowest BCUT2D eigenvalue weighted by Crippen LogP contribution is -1.98.